The van der Waals surface area contributed by atoms with Gasteiger partial charge in [0.15, 0.2) is 6.61 Å². The van der Waals surface area contributed by atoms with E-state index in [0.29, 0.717) is 23.7 Å². The fourth-order valence-electron chi connectivity index (χ4n) is 2.26. The van der Waals surface area contributed by atoms with Gasteiger partial charge in [-0.2, -0.15) is 0 Å². The van der Waals surface area contributed by atoms with Gasteiger partial charge < -0.3 is 15.2 Å². The van der Waals surface area contributed by atoms with Crippen LogP contribution in [-0.4, -0.2) is 30.8 Å². The molecule has 2 N–H and O–H groups in total. The number of ether oxygens (including phenoxy) is 1. The third-order valence-electron chi connectivity index (χ3n) is 3.49. The van der Waals surface area contributed by atoms with Crippen molar-refractivity contribution in [1.82, 2.24) is 5.32 Å². The third kappa shape index (κ3) is 5.58. The number of aliphatic hydroxyl groups excluding tert-OH is 1. The van der Waals surface area contributed by atoms with E-state index in [1.165, 1.54) is 0 Å². The largest absolute Gasteiger partial charge is 0.482 e. The Morgan fingerprint density at radius 3 is 2.52 bits per heavy atom. The number of amides is 1. The van der Waals surface area contributed by atoms with E-state index >= 15 is 0 Å². The molecule has 2 aromatic rings. The summed E-state index contributed by atoms with van der Waals surface area (Å²) in [6.45, 7) is 0.436. The number of carbonyl (C=O) groups excluding carboxylic acids is 1. The highest BCUT2D eigenvalue weighted by Gasteiger charge is 2.13. The number of para-hydroxylation sites is 1. The standard InChI is InChI=1S/C18H20ClNO3/c19-16-8-4-5-9-17(16)23-13-18(22)20-12-15(10-11-21)14-6-2-1-3-7-14/h1-9,15,21H,10-13H2,(H,20,22). The summed E-state index contributed by atoms with van der Waals surface area (Å²) in [4.78, 5) is 11.9. The van der Waals surface area contributed by atoms with Gasteiger partial charge in [-0.05, 0) is 24.1 Å². The molecule has 1 unspecified atom stereocenters. The highest BCUT2D eigenvalue weighted by molar-refractivity contribution is 6.32. The van der Waals surface area contributed by atoms with Crippen LogP contribution in [0.1, 0.15) is 17.9 Å². The molecule has 122 valence electrons. The second kappa shape index (κ2) is 9.18. The van der Waals surface area contributed by atoms with Gasteiger partial charge >= 0.3 is 0 Å². The maximum Gasteiger partial charge on any atom is 0.257 e. The monoisotopic (exact) mass is 333 g/mol. The van der Waals surface area contributed by atoms with Gasteiger partial charge in [-0.25, -0.2) is 0 Å². The van der Waals surface area contributed by atoms with E-state index < -0.39 is 0 Å². The summed E-state index contributed by atoms with van der Waals surface area (Å²) in [5, 5.41) is 12.5. The second-order valence-corrected chi connectivity index (χ2v) is 5.55. The van der Waals surface area contributed by atoms with E-state index in [1.807, 2.05) is 30.3 Å². The number of halogens is 1. The van der Waals surface area contributed by atoms with Gasteiger partial charge in [-0.3, -0.25) is 4.79 Å². The summed E-state index contributed by atoms with van der Waals surface area (Å²) in [5.74, 6) is 0.341. The van der Waals surface area contributed by atoms with Crippen LogP contribution in [0.5, 0.6) is 5.75 Å². The summed E-state index contributed by atoms with van der Waals surface area (Å²) in [6.07, 6.45) is 0.593. The van der Waals surface area contributed by atoms with Crippen LogP contribution in [0.2, 0.25) is 5.02 Å². The number of rotatable bonds is 8. The van der Waals surface area contributed by atoms with Crippen LogP contribution in [0.3, 0.4) is 0 Å². The second-order valence-electron chi connectivity index (χ2n) is 5.14. The molecule has 0 fully saturated rings. The molecule has 1 amide bonds. The normalized spacial score (nSPS) is 11.7. The lowest BCUT2D eigenvalue weighted by molar-refractivity contribution is -0.123. The first-order valence-corrected chi connectivity index (χ1v) is 7.88. The van der Waals surface area contributed by atoms with Crippen LogP contribution in [0, 0.1) is 0 Å². The van der Waals surface area contributed by atoms with E-state index in [-0.39, 0.29) is 25.0 Å². The summed E-state index contributed by atoms with van der Waals surface area (Å²) in [6, 6.07) is 16.8. The van der Waals surface area contributed by atoms with Gasteiger partial charge in [0.25, 0.3) is 5.91 Å². The van der Waals surface area contributed by atoms with Gasteiger partial charge in [0, 0.05) is 19.1 Å². The highest BCUT2D eigenvalue weighted by Crippen LogP contribution is 2.23. The molecule has 2 rings (SSSR count). The molecule has 0 aliphatic carbocycles. The summed E-state index contributed by atoms with van der Waals surface area (Å²) in [7, 11) is 0. The molecule has 5 heteroatoms. The first-order chi connectivity index (χ1) is 11.2. The average Bonchev–Trinajstić information content (AvgIpc) is 2.58. The Hall–Kier alpha value is -2.04. The Bertz CT molecular complexity index is 619. The van der Waals surface area contributed by atoms with Crippen LogP contribution in [0.25, 0.3) is 0 Å². The van der Waals surface area contributed by atoms with Crippen LogP contribution in [-0.2, 0) is 4.79 Å². The van der Waals surface area contributed by atoms with E-state index in [2.05, 4.69) is 5.32 Å². The Morgan fingerprint density at radius 1 is 1.13 bits per heavy atom. The Balaban J connectivity index is 1.83. The Labute approximate surface area is 141 Å². The average molecular weight is 334 g/mol. The lowest BCUT2D eigenvalue weighted by Gasteiger charge is -2.17. The lowest BCUT2D eigenvalue weighted by atomic mass is 9.96. The first kappa shape index (κ1) is 17.3. The van der Waals surface area contributed by atoms with Crippen molar-refractivity contribution in [3.05, 3.63) is 65.2 Å². The Morgan fingerprint density at radius 2 is 1.83 bits per heavy atom. The van der Waals surface area contributed by atoms with Crippen LogP contribution < -0.4 is 10.1 Å². The third-order valence-corrected chi connectivity index (χ3v) is 3.80. The molecule has 0 spiro atoms. The number of hydrogen-bond acceptors (Lipinski definition) is 3. The maximum atomic E-state index is 11.9. The zero-order valence-corrected chi connectivity index (χ0v) is 13.5. The minimum absolute atomic E-state index is 0.0745. The number of carbonyl (C=O) groups is 1. The number of hydrogen-bond donors (Lipinski definition) is 2. The predicted molar refractivity (Wildman–Crippen MR) is 90.8 cm³/mol. The number of nitrogens with one attached hydrogen (secondary N) is 1. The van der Waals surface area contributed by atoms with E-state index in [9.17, 15) is 9.90 Å². The molecule has 23 heavy (non-hydrogen) atoms. The van der Waals surface area contributed by atoms with Gasteiger partial charge in [0.1, 0.15) is 5.75 Å². The van der Waals surface area contributed by atoms with Crippen molar-refractivity contribution in [2.24, 2.45) is 0 Å². The van der Waals surface area contributed by atoms with Crippen molar-refractivity contribution >= 4 is 17.5 Å². The maximum absolute atomic E-state index is 11.9. The highest BCUT2D eigenvalue weighted by atomic mass is 35.5. The molecule has 0 aliphatic rings. The van der Waals surface area contributed by atoms with Gasteiger partial charge in [-0.1, -0.05) is 54.1 Å². The van der Waals surface area contributed by atoms with Crippen molar-refractivity contribution in [1.29, 1.82) is 0 Å². The number of benzene rings is 2. The van der Waals surface area contributed by atoms with Gasteiger partial charge in [0.05, 0.1) is 5.02 Å². The lowest BCUT2D eigenvalue weighted by Crippen LogP contribution is -2.32. The molecule has 0 aromatic heterocycles. The number of aliphatic hydroxyl groups is 1. The molecule has 4 nitrogen and oxygen atoms in total. The predicted octanol–water partition coefficient (Wildman–Crippen LogP) is 3.00. The molecule has 0 bridgehead atoms. The molecular weight excluding hydrogens is 314 g/mol. The van der Waals surface area contributed by atoms with Gasteiger partial charge in [-0.15, -0.1) is 0 Å². The molecule has 0 aliphatic heterocycles. The molecule has 0 saturated carbocycles. The van der Waals surface area contributed by atoms with Gasteiger partial charge in [0.2, 0.25) is 0 Å². The molecular formula is C18H20ClNO3. The van der Waals surface area contributed by atoms with Crippen molar-refractivity contribution < 1.29 is 14.6 Å². The van der Waals surface area contributed by atoms with Crippen molar-refractivity contribution in [2.45, 2.75) is 12.3 Å². The zero-order valence-electron chi connectivity index (χ0n) is 12.7. The quantitative estimate of drug-likeness (QED) is 0.780. The van der Waals surface area contributed by atoms with Crippen molar-refractivity contribution in [2.75, 3.05) is 19.8 Å². The summed E-state index contributed by atoms with van der Waals surface area (Å²) in [5.41, 5.74) is 1.09. The van der Waals surface area contributed by atoms with E-state index in [1.54, 1.807) is 24.3 Å². The molecule has 0 radical (unpaired) electrons. The minimum atomic E-state index is -0.219. The molecule has 0 saturated heterocycles. The Kier molecular flexibility index (Phi) is 6.91. The smallest absolute Gasteiger partial charge is 0.257 e. The first-order valence-electron chi connectivity index (χ1n) is 7.50. The van der Waals surface area contributed by atoms with Crippen LogP contribution in [0.15, 0.2) is 54.6 Å². The fourth-order valence-corrected chi connectivity index (χ4v) is 2.45. The van der Waals surface area contributed by atoms with Crippen molar-refractivity contribution in [3.63, 3.8) is 0 Å². The van der Waals surface area contributed by atoms with Crippen LogP contribution in [0.4, 0.5) is 0 Å². The van der Waals surface area contributed by atoms with Crippen molar-refractivity contribution in [3.8, 4) is 5.75 Å². The van der Waals surface area contributed by atoms with E-state index in [4.69, 9.17) is 16.3 Å². The zero-order chi connectivity index (χ0) is 16.5. The molecule has 1 atom stereocenters. The fraction of sp³-hybridized carbons (Fsp3) is 0.278. The molecule has 0 heterocycles. The summed E-state index contributed by atoms with van der Waals surface area (Å²) >= 11 is 5.97. The summed E-state index contributed by atoms with van der Waals surface area (Å²) < 4.78 is 5.40. The topological polar surface area (TPSA) is 58.6 Å². The van der Waals surface area contributed by atoms with Crippen LogP contribution >= 0.6 is 11.6 Å². The van der Waals surface area contributed by atoms with E-state index in [0.717, 1.165) is 5.56 Å². The SMILES string of the molecule is O=C(COc1ccccc1Cl)NCC(CCO)c1ccccc1. The molecule has 2 aromatic carbocycles. The minimum Gasteiger partial charge on any atom is -0.482 e.